The largest absolute Gasteiger partial charge is 0.315 e. The molecule has 1 aromatic heterocycles. The minimum Gasteiger partial charge on any atom is -0.315 e. The van der Waals surface area contributed by atoms with Crippen molar-refractivity contribution >= 4 is 46.9 Å². The standard InChI is InChI=1S/C12H16Cl2N2S.ClH/c13-11-8(7-17-12(11)14)6-16(9-1-2-9)10-3-4-15-5-10;/h7,9-10,15H,1-6H2;1H. The number of thiophene rings is 1. The van der Waals surface area contributed by atoms with E-state index < -0.39 is 0 Å². The zero-order valence-electron chi connectivity index (χ0n) is 9.99. The van der Waals surface area contributed by atoms with Crippen molar-refractivity contribution in [3.63, 3.8) is 0 Å². The summed E-state index contributed by atoms with van der Waals surface area (Å²) in [7, 11) is 0. The third-order valence-electron chi connectivity index (χ3n) is 3.63. The summed E-state index contributed by atoms with van der Waals surface area (Å²) in [4.78, 5) is 2.62. The average molecular weight is 328 g/mol. The summed E-state index contributed by atoms with van der Waals surface area (Å²) in [6, 6.07) is 1.45. The Hall–Kier alpha value is 0.490. The zero-order chi connectivity index (χ0) is 11.8. The number of rotatable bonds is 4. The summed E-state index contributed by atoms with van der Waals surface area (Å²) in [5.41, 5.74) is 1.19. The number of hydrogen-bond acceptors (Lipinski definition) is 3. The Morgan fingerprint density at radius 3 is 2.56 bits per heavy atom. The van der Waals surface area contributed by atoms with Gasteiger partial charge < -0.3 is 5.32 Å². The van der Waals surface area contributed by atoms with Gasteiger partial charge in [-0.25, -0.2) is 0 Å². The van der Waals surface area contributed by atoms with Crippen molar-refractivity contribution in [2.24, 2.45) is 0 Å². The Morgan fingerprint density at radius 2 is 2.06 bits per heavy atom. The average Bonchev–Trinajstić information content (AvgIpc) is 2.93. The molecule has 0 radical (unpaired) electrons. The van der Waals surface area contributed by atoms with E-state index in [4.69, 9.17) is 23.2 Å². The second kappa shape index (κ2) is 6.29. The van der Waals surface area contributed by atoms with Crippen LogP contribution in [0.5, 0.6) is 0 Å². The first-order valence-corrected chi connectivity index (χ1v) is 7.77. The van der Waals surface area contributed by atoms with Crippen LogP contribution in [0.25, 0.3) is 0 Å². The highest BCUT2D eigenvalue weighted by molar-refractivity contribution is 7.15. The number of halogens is 3. The first kappa shape index (κ1) is 14.9. The van der Waals surface area contributed by atoms with E-state index in [0.717, 1.165) is 35.0 Å². The van der Waals surface area contributed by atoms with Crippen LogP contribution < -0.4 is 5.32 Å². The molecule has 0 amide bonds. The number of nitrogens with one attached hydrogen (secondary N) is 1. The smallest absolute Gasteiger partial charge is 0.112 e. The van der Waals surface area contributed by atoms with Crippen LogP contribution in [0.2, 0.25) is 9.36 Å². The zero-order valence-corrected chi connectivity index (χ0v) is 13.1. The summed E-state index contributed by atoms with van der Waals surface area (Å²) in [5.74, 6) is 0. The van der Waals surface area contributed by atoms with Gasteiger partial charge in [-0.2, -0.15) is 0 Å². The second-order valence-corrected chi connectivity index (χ2v) is 6.76. The lowest BCUT2D eigenvalue weighted by Crippen LogP contribution is -2.38. The van der Waals surface area contributed by atoms with Gasteiger partial charge in [0.05, 0.1) is 5.02 Å². The molecule has 3 rings (SSSR count). The second-order valence-electron chi connectivity index (χ2n) is 4.90. The predicted octanol–water partition coefficient (Wildman–Crippen LogP) is 3.80. The highest BCUT2D eigenvalue weighted by atomic mass is 35.5. The SMILES string of the molecule is Cl.Clc1scc(CN(C2CC2)C2CCNC2)c1Cl. The molecule has 1 aliphatic carbocycles. The Bertz CT molecular complexity index is 400. The van der Waals surface area contributed by atoms with Gasteiger partial charge in [0.15, 0.2) is 0 Å². The Labute approximate surface area is 128 Å². The molecule has 0 aromatic carbocycles. The molecular formula is C12H17Cl3N2S. The van der Waals surface area contributed by atoms with Gasteiger partial charge in [-0.3, -0.25) is 4.90 Å². The van der Waals surface area contributed by atoms with Gasteiger partial charge >= 0.3 is 0 Å². The van der Waals surface area contributed by atoms with E-state index in [1.54, 1.807) is 0 Å². The summed E-state index contributed by atoms with van der Waals surface area (Å²) in [6.07, 6.45) is 3.93. The van der Waals surface area contributed by atoms with Crippen LogP contribution in [0, 0.1) is 0 Å². The molecule has 0 spiro atoms. The van der Waals surface area contributed by atoms with Gasteiger partial charge in [0.1, 0.15) is 4.34 Å². The van der Waals surface area contributed by atoms with Crippen LogP contribution in [-0.2, 0) is 6.54 Å². The van der Waals surface area contributed by atoms with Gasteiger partial charge in [-0.1, -0.05) is 23.2 Å². The lowest BCUT2D eigenvalue weighted by atomic mass is 10.2. The summed E-state index contributed by atoms with van der Waals surface area (Å²) in [5, 5.41) is 6.30. The van der Waals surface area contributed by atoms with Gasteiger partial charge in [0.25, 0.3) is 0 Å². The highest BCUT2D eigenvalue weighted by Crippen LogP contribution is 2.37. The van der Waals surface area contributed by atoms with Gasteiger partial charge in [0, 0.05) is 25.2 Å². The minimum absolute atomic E-state index is 0. The van der Waals surface area contributed by atoms with E-state index in [1.807, 2.05) is 0 Å². The van der Waals surface area contributed by atoms with E-state index in [1.165, 1.54) is 36.2 Å². The third kappa shape index (κ3) is 3.14. The van der Waals surface area contributed by atoms with E-state index >= 15 is 0 Å². The molecule has 1 aliphatic heterocycles. The molecule has 1 atom stereocenters. The van der Waals surface area contributed by atoms with Crippen LogP contribution in [0.4, 0.5) is 0 Å². The van der Waals surface area contributed by atoms with Crippen molar-refractivity contribution in [2.45, 2.75) is 37.9 Å². The van der Waals surface area contributed by atoms with E-state index in [2.05, 4.69) is 15.6 Å². The van der Waals surface area contributed by atoms with E-state index in [9.17, 15) is 0 Å². The minimum atomic E-state index is 0. The number of nitrogens with zero attached hydrogens (tertiary/aromatic N) is 1. The molecule has 2 fully saturated rings. The Balaban J connectivity index is 0.00000120. The van der Waals surface area contributed by atoms with Crippen molar-refractivity contribution in [3.05, 3.63) is 20.3 Å². The van der Waals surface area contributed by atoms with Crippen LogP contribution in [0.15, 0.2) is 5.38 Å². The van der Waals surface area contributed by atoms with Crippen molar-refractivity contribution < 1.29 is 0 Å². The fourth-order valence-corrected chi connectivity index (χ4v) is 3.78. The van der Waals surface area contributed by atoms with E-state index in [0.29, 0.717) is 6.04 Å². The molecule has 1 saturated heterocycles. The van der Waals surface area contributed by atoms with Gasteiger partial charge in [-0.05, 0) is 36.8 Å². The van der Waals surface area contributed by atoms with Crippen molar-refractivity contribution in [1.82, 2.24) is 10.2 Å². The van der Waals surface area contributed by atoms with Gasteiger partial charge in [0.2, 0.25) is 0 Å². The molecule has 1 N–H and O–H groups in total. The fraction of sp³-hybridized carbons (Fsp3) is 0.667. The maximum atomic E-state index is 6.22. The highest BCUT2D eigenvalue weighted by Gasteiger charge is 2.35. The predicted molar refractivity (Wildman–Crippen MR) is 81.4 cm³/mol. The summed E-state index contributed by atoms with van der Waals surface area (Å²) in [6.45, 7) is 3.22. The molecule has 0 bridgehead atoms. The molecule has 2 heterocycles. The first-order valence-electron chi connectivity index (χ1n) is 6.13. The first-order chi connectivity index (χ1) is 8.25. The molecule has 6 heteroatoms. The molecule has 102 valence electrons. The lowest BCUT2D eigenvalue weighted by molar-refractivity contribution is 0.189. The molecular weight excluding hydrogens is 311 g/mol. The maximum absolute atomic E-state index is 6.22. The Morgan fingerprint density at radius 1 is 1.28 bits per heavy atom. The van der Waals surface area contributed by atoms with Crippen LogP contribution >= 0.6 is 46.9 Å². The molecule has 1 saturated carbocycles. The molecule has 18 heavy (non-hydrogen) atoms. The lowest BCUT2D eigenvalue weighted by Gasteiger charge is -2.28. The fourth-order valence-electron chi connectivity index (χ4n) is 2.54. The Kier molecular flexibility index (Phi) is 5.21. The molecule has 2 nitrogen and oxygen atoms in total. The quantitative estimate of drug-likeness (QED) is 0.905. The van der Waals surface area contributed by atoms with Crippen molar-refractivity contribution in [1.29, 1.82) is 0 Å². The topological polar surface area (TPSA) is 15.3 Å². The summed E-state index contributed by atoms with van der Waals surface area (Å²) < 4.78 is 0.724. The number of hydrogen-bond donors (Lipinski definition) is 1. The van der Waals surface area contributed by atoms with Crippen LogP contribution in [0.1, 0.15) is 24.8 Å². The maximum Gasteiger partial charge on any atom is 0.112 e. The normalized spacial score (nSPS) is 23.4. The van der Waals surface area contributed by atoms with Crippen LogP contribution in [0.3, 0.4) is 0 Å². The molecule has 1 aromatic rings. The third-order valence-corrected chi connectivity index (χ3v) is 5.54. The van der Waals surface area contributed by atoms with Crippen molar-refractivity contribution in [3.8, 4) is 0 Å². The monoisotopic (exact) mass is 326 g/mol. The molecule has 2 aliphatic rings. The van der Waals surface area contributed by atoms with E-state index in [-0.39, 0.29) is 12.4 Å². The van der Waals surface area contributed by atoms with Gasteiger partial charge in [-0.15, -0.1) is 23.7 Å². The molecule has 1 unspecified atom stereocenters. The van der Waals surface area contributed by atoms with Crippen molar-refractivity contribution in [2.75, 3.05) is 13.1 Å². The van der Waals surface area contributed by atoms with Crippen LogP contribution in [-0.4, -0.2) is 30.1 Å². The summed E-state index contributed by atoms with van der Waals surface area (Å²) >= 11 is 13.8.